The van der Waals surface area contributed by atoms with Gasteiger partial charge < -0.3 is 10.0 Å². The molecule has 0 radical (unpaired) electrons. The van der Waals surface area contributed by atoms with Gasteiger partial charge in [0, 0.05) is 13.0 Å². The van der Waals surface area contributed by atoms with E-state index < -0.39 is 6.10 Å². The average Bonchev–Trinajstić information content (AvgIpc) is 3.47. The van der Waals surface area contributed by atoms with E-state index >= 15 is 0 Å². The van der Waals surface area contributed by atoms with Crippen LogP contribution in [0.5, 0.6) is 0 Å². The van der Waals surface area contributed by atoms with E-state index in [0.717, 1.165) is 38.2 Å². The maximum absolute atomic E-state index is 12.7. The van der Waals surface area contributed by atoms with Crippen LogP contribution < -0.4 is 0 Å². The predicted octanol–water partition coefficient (Wildman–Crippen LogP) is 12.2. The molecule has 0 aliphatic carbocycles. The summed E-state index contributed by atoms with van der Waals surface area (Å²) >= 11 is 0. The lowest BCUT2D eigenvalue weighted by atomic mass is 10.0. The normalized spacial score (nSPS) is 14.0. The molecule has 1 atom stereocenters. The molecule has 4 nitrogen and oxygen atoms in total. The fourth-order valence-electron chi connectivity index (χ4n) is 6.75. The molecule has 1 unspecified atom stereocenters. The van der Waals surface area contributed by atoms with Crippen LogP contribution in [0.25, 0.3) is 0 Å². The first-order valence-corrected chi connectivity index (χ1v) is 20.2. The van der Waals surface area contributed by atoms with Crippen molar-refractivity contribution in [2.45, 2.75) is 225 Å². The number of hydrogen-bond acceptors (Lipinski definition) is 4. The first-order chi connectivity index (χ1) is 21.7. The van der Waals surface area contributed by atoms with Crippen molar-refractivity contribution in [1.82, 2.24) is 4.90 Å². The van der Waals surface area contributed by atoms with E-state index in [4.69, 9.17) is 0 Å². The molecule has 1 rings (SSSR count). The highest BCUT2D eigenvalue weighted by atomic mass is 16.3. The van der Waals surface area contributed by atoms with Crippen LogP contribution in [0.1, 0.15) is 219 Å². The minimum atomic E-state index is -0.801. The number of aliphatic hydroxyl groups excluding tert-OH is 1. The smallest absolute Gasteiger partial charge is 0.180 e. The van der Waals surface area contributed by atoms with E-state index in [0.29, 0.717) is 13.0 Å². The summed E-state index contributed by atoms with van der Waals surface area (Å²) in [6.07, 6.45) is 41.5. The third-order valence-corrected chi connectivity index (χ3v) is 9.83. The van der Waals surface area contributed by atoms with Gasteiger partial charge in [0.15, 0.2) is 5.78 Å². The molecule has 0 saturated heterocycles. The van der Waals surface area contributed by atoms with Crippen LogP contribution >= 0.6 is 0 Å². The summed E-state index contributed by atoms with van der Waals surface area (Å²) in [5.74, 6) is 1.09. The molecule has 0 amide bonds. The average molecular weight is 619 g/mol. The first-order valence-electron chi connectivity index (χ1n) is 20.2. The van der Waals surface area contributed by atoms with Crippen molar-refractivity contribution in [1.29, 1.82) is 0 Å². The SMILES string of the molecule is CCCCCCCCCCCCCCCCCC1=NCCN1CC(=O)C(O)CCCCCCCCCCCCCCCCC. The molecule has 0 aromatic carbocycles. The molecule has 260 valence electrons. The minimum Gasteiger partial charge on any atom is -0.385 e. The lowest BCUT2D eigenvalue weighted by Gasteiger charge is -2.21. The Labute approximate surface area is 276 Å². The molecule has 0 aromatic rings. The summed E-state index contributed by atoms with van der Waals surface area (Å²) in [7, 11) is 0. The summed E-state index contributed by atoms with van der Waals surface area (Å²) in [5, 5.41) is 10.5. The van der Waals surface area contributed by atoms with Gasteiger partial charge in [0.1, 0.15) is 6.10 Å². The van der Waals surface area contributed by atoms with Crippen molar-refractivity contribution in [3.8, 4) is 0 Å². The summed E-state index contributed by atoms with van der Waals surface area (Å²) in [6, 6.07) is 0. The van der Waals surface area contributed by atoms with Crippen molar-refractivity contribution in [3.63, 3.8) is 0 Å². The van der Waals surface area contributed by atoms with E-state index in [1.54, 1.807) is 0 Å². The maximum atomic E-state index is 12.7. The van der Waals surface area contributed by atoms with E-state index in [1.807, 2.05) is 0 Å². The zero-order chi connectivity index (χ0) is 31.8. The van der Waals surface area contributed by atoms with E-state index in [9.17, 15) is 9.90 Å². The second-order valence-corrected chi connectivity index (χ2v) is 14.1. The standard InChI is InChI=1S/C40H78N2O2/c1-3-5-7-9-11-13-15-17-19-21-23-25-27-29-31-33-38(43)39(44)37-42-36-35-41-40(42)34-32-30-28-26-24-22-20-18-16-14-12-10-8-6-4-2/h38,43H,3-37H2,1-2H3. The summed E-state index contributed by atoms with van der Waals surface area (Å²) < 4.78 is 0. The summed E-state index contributed by atoms with van der Waals surface area (Å²) in [4.78, 5) is 19.5. The lowest BCUT2D eigenvalue weighted by molar-refractivity contribution is -0.127. The lowest BCUT2D eigenvalue weighted by Crippen LogP contribution is -2.37. The number of ketones is 1. The molecule has 0 fully saturated rings. The Morgan fingerprint density at radius 1 is 0.568 bits per heavy atom. The van der Waals surface area contributed by atoms with Crippen molar-refractivity contribution in [2.75, 3.05) is 19.6 Å². The Morgan fingerprint density at radius 2 is 0.909 bits per heavy atom. The molecule has 4 heteroatoms. The Bertz CT molecular complexity index is 649. The second kappa shape index (κ2) is 32.1. The molecular weight excluding hydrogens is 540 g/mol. The highest BCUT2D eigenvalue weighted by Crippen LogP contribution is 2.17. The fourth-order valence-corrected chi connectivity index (χ4v) is 6.75. The number of amidine groups is 1. The number of Topliss-reactive ketones (excluding diaryl/α,β-unsaturated/α-hetero) is 1. The number of unbranched alkanes of at least 4 members (excludes halogenated alkanes) is 28. The quantitative estimate of drug-likeness (QED) is 0.0719. The van der Waals surface area contributed by atoms with Crippen LogP contribution in [0.15, 0.2) is 4.99 Å². The number of rotatable bonds is 35. The zero-order valence-electron chi connectivity index (χ0n) is 30.1. The van der Waals surface area contributed by atoms with Crippen LogP contribution in [-0.2, 0) is 4.79 Å². The number of aliphatic hydroxyl groups is 1. The Kier molecular flexibility index (Phi) is 30.0. The van der Waals surface area contributed by atoms with E-state index in [1.165, 1.54) is 180 Å². The van der Waals surface area contributed by atoms with Gasteiger partial charge in [-0.25, -0.2) is 0 Å². The fraction of sp³-hybridized carbons (Fsp3) is 0.950. The van der Waals surface area contributed by atoms with Crippen LogP contribution in [0.4, 0.5) is 0 Å². The van der Waals surface area contributed by atoms with E-state index in [-0.39, 0.29) is 5.78 Å². The topological polar surface area (TPSA) is 52.9 Å². The predicted molar refractivity (Wildman–Crippen MR) is 194 cm³/mol. The number of hydrogen-bond donors (Lipinski definition) is 1. The van der Waals surface area contributed by atoms with Crippen LogP contribution in [0, 0.1) is 0 Å². The van der Waals surface area contributed by atoms with E-state index in [2.05, 4.69) is 23.7 Å². The third-order valence-electron chi connectivity index (χ3n) is 9.83. The number of carbonyl (C=O) groups is 1. The molecular formula is C40H78N2O2. The van der Waals surface area contributed by atoms with Crippen LogP contribution in [0.3, 0.4) is 0 Å². The van der Waals surface area contributed by atoms with Crippen molar-refractivity contribution >= 4 is 11.6 Å². The molecule has 1 heterocycles. The monoisotopic (exact) mass is 619 g/mol. The molecule has 44 heavy (non-hydrogen) atoms. The van der Waals surface area contributed by atoms with Crippen molar-refractivity contribution in [3.05, 3.63) is 0 Å². The van der Waals surface area contributed by atoms with Gasteiger partial charge in [-0.3, -0.25) is 9.79 Å². The number of nitrogens with zero attached hydrogens (tertiary/aromatic N) is 2. The third kappa shape index (κ3) is 25.3. The Balaban J connectivity index is 1.92. The second-order valence-electron chi connectivity index (χ2n) is 14.1. The molecule has 1 N–H and O–H groups in total. The molecule has 0 bridgehead atoms. The molecule has 0 spiro atoms. The number of carbonyl (C=O) groups excluding carboxylic acids is 1. The van der Waals surface area contributed by atoms with Crippen molar-refractivity contribution < 1.29 is 9.90 Å². The molecule has 0 aromatic heterocycles. The van der Waals surface area contributed by atoms with Crippen LogP contribution in [-0.4, -0.2) is 47.4 Å². The summed E-state index contributed by atoms with van der Waals surface area (Å²) in [6.45, 7) is 6.56. The van der Waals surface area contributed by atoms with Gasteiger partial charge in [0.25, 0.3) is 0 Å². The zero-order valence-corrected chi connectivity index (χ0v) is 30.1. The Hall–Kier alpha value is -0.900. The Morgan fingerprint density at radius 3 is 1.30 bits per heavy atom. The number of aliphatic imine (C=N–C) groups is 1. The van der Waals surface area contributed by atoms with Gasteiger partial charge in [-0.2, -0.15) is 0 Å². The van der Waals surface area contributed by atoms with Crippen molar-refractivity contribution in [2.24, 2.45) is 4.99 Å². The largest absolute Gasteiger partial charge is 0.385 e. The van der Waals surface area contributed by atoms with Gasteiger partial charge in [0.05, 0.1) is 18.9 Å². The summed E-state index contributed by atoms with van der Waals surface area (Å²) in [5.41, 5.74) is 0. The highest BCUT2D eigenvalue weighted by molar-refractivity contribution is 5.91. The minimum absolute atomic E-state index is 0.0125. The molecule has 0 saturated carbocycles. The molecule has 1 aliphatic rings. The van der Waals surface area contributed by atoms with Gasteiger partial charge in [-0.1, -0.05) is 200 Å². The highest BCUT2D eigenvalue weighted by Gasteiger charge is 2.23. The van der Waals surface area contributed by atoms with Gasteiger partial charge >= 0.3 is 0 Å². The van der Waals surface area contributed by atoms with Crippen LogP contribution in [0.2, 0.25) is 0 Å². The maximum Gasteiger partial charge on any atom is 0.180 e. The first kappa shape index (κ1) is 41.1. The molecule has 1 aliphatic heterocycles. The van der Waals surface area contributed by atoms with Gasteiger partial charge in [-0.05, 0) is 12.8 Å². The van der Waals surface area contributed by atoms with Gasteiger partial charge in [0.2, 0.25) is 0 Å². The van der Waals surface area contributed by atoms with Gasteiger partial charge in [-0.15, -0.1) is 0 Å².